The van der Waals surface area contributed by atoms with Gasteiger partial charge in [-0.15, -0.1) is 0 Å². The molecule has 5 nitrogen and oxygen atoms in total. The molecule has 0 unspecified atom stereocenters. The van der Waals surface area contributed by atoms with Crippen LogP contribution in [0.3, 0.4) is 0 Å². The number of carbonyl (C=O) groups is 1. The normalized spacial score (nSPS) is 11.1. The van der Waals surface area contributed by atoms with Crippen molar-refractivity contribution in [3.8, 4) is 0 Å². The number of halogens is 2. The Balaban J connectivity index is 2.45. The minimum absolute atomic E-state index is 0.0663. The van der Waals surface area contributed by atoms with Gasteiger partial charge in [0.15, 0.2) is 0 Å². The van der Waals surface area contributed by atoms with Gasteiger partial charge < -0.3 is 4.74 Å². The Labute approximate surface area is 132 Å². The summed E-state index contributed by atoms with van der Waals surface area (Å²) in [5.74, 6) is -2.62. The first kappa shape index (κ1) is 16.9. The molecule has 0 radical (unpaired) electrons. The number of esters is 1. The van der Waals surface area contributed by atoms with Crippen molar-refractivity contribution in [3.63, 3.8) is 0 Å². The number of benzene rings is 2. The number of rotatable bonds is 4. The maximum absolute atomic E-state index is 13.7. The van der Waals surface area contributed by atoms with Gasteiger partial charge in [-0.2, -0.15) is 0 Å². The smallest absolute Gasteiger partial charge is 0.337 e. The fourth-order valence-corrected chi connectivity index (χ4v) is 3.07. The van der Waals surface area contributed by atoms with Crippen molar-refractivity contribution in [2.24, 2.45) is 0 Å². The van der Waals surface area contributed by atoms with Crippen LogP contribution in [0.2, 0.25) is 0 Å². The number of hydrogen-bond donors (Lipinski definition) is 1. The van der Waals surface area contributed by atoms with E-state index in [0.29, 0.717) is 11.6 Å². The van der Waals surface area contributed by atoms with Crippen LogP contribution in [-0.4, -0.2) is 21.5 Å². The van der Waals surface area contributed by atoms with E-state index in [1.807, 2.05) is 0 Å². The zero-order valence-electron chi connectivity index (χ0n) is 12.3. The number of carbonyl (C=O) groups excluding carboxylic acids is 1. The fourth-order valence-electron chi connectivity index (χ4n) is 1.86. The first-order chi connectivity index (χ1) is 10.7. The van der Waals surface area contributed by atoms with Crippen LogP contribution in [0.25, 0.3) is 0 Å². The molecule has 0 fully saturated rings. The van der Waals surface area contributed by atoms with Gasteiger partial charge in [-0.1, -0.05) is 6.07 Å². The maximum Gasteiger partial charge on any atom is 0.337 e. The van der Waals surface area contributed by atoms with E-state index in [1.54, 1.807) is 6.92 Å². The van der Waals surface area contributed by atoms with Crippen molar-refractivity contribution < 1.29 is 26.7 Å². The number of hydrogen-bond acceptors (Lipinski definition) is 4. The highest BCUT2D eigenvalue weighted by atomic mass is 32.2. The molecule has 2 aromatic carbocycles. The van der Waals surface area contributed by atoms with Crippen LogP contribution in [0.4, 0.5) is 14.5 Å². The van der Waals surface area contributed by atoms with Gasteiger partial charge in [0.1, 0.15) is 16.5 Å². The molecule has 2 rings (SSSR count). The Kier molecular flexibility index (Phi) is 4.65. The zero-order chi connectivity index (χ0) is 17.2. The molecule has 0 heterocycles. The van der Waals surface area contributed by atoms with Crippen molar-refractivity contribution >= 4 is 21.7 Å². The minimum Gasteiger partial charge on any atom is -0.465 e. The predicted molar refractivity (Wildman–Crippen MR) is 79.7 cm³/mol. The van der Waals surface area contributed by atoms with Crippen molar-refractivity contribution in [2.45, 2.75) is 11.8 Å². The lowest BCUT2D eigenvalue weighted by Crippen LogP contribution is -2.16. The van der Waals surface area contributed by atoms with Gasteiger partial charge in [0, 0.05) is 0 Å². The summed E-state index contributed by atoms with van der Waals surface area (Å²) in [5, 5.41) is 0. The van der Waals surface area contributed by atoms with Gasteiger partial charge in [-0.05, 0) is 42.8 Å². The second kappa shape index (κ2) is 6.33. The summed E-state index contributed by atoms with van der Waals surface area (Å²) < 4.78 is 58.1. The molecule has 0 amide bonds. The lowest BCUT2D eigenvalue weighted by Gasteiger charge is -2.12. The molecular formula is C15H13F2NO4S. The molecule has 1 N–H and O–H groups in total. The van der Waals surface area contributed by atoms with Gasteiger partial charge in [-0.3, -0.25) is 4.72 Å². The number of ether oxygens (including phenoxy) is 1. The van der Waals surface area contributed by atoms with Crippen molar-refractivity contribution in [1.29, 1.82) is 0 Å². The summed E-state index contributed by atoms with van der Waals surface area (Å²) >= 11 is 0. The van der Waals surface area contributed by atoms with E-state index >= 15 is 0 Å². The van der Waals surface area contributed by atoms with Crippen molar-refractivity contribution in [3.05, 3.63) is 59.2 Å². The molecule has 8 heteroatoms. The summed E-state index contributed by atoms with van der Waals surface area (Å²) in [6, 6.07) is 6.35. The summed E-state index contributed by atoms with van der Waals surface area (Å²) in [4.78, 5) is 10.7. The largest absolute Gasteiger partial charge is 0.465 e. The van der Waals surface area contributed by atoms with Crippen LogP contribution in [-0.2, 0) is 14.8 Å². The van der Waals surface area contributed by atoms with Crippen LogP contribution in [0.15, 0.2) is 41.3 Å². The second-order valence-corrected chi connectivity index (χ2v) is 6.35. The van der Waals surface area contributed by atoms with E-state index in [0.717, 1.165) is 12.1 Å². The molecule has 0 aromatic heterocycles. The molecule has 2 aromatic rings. The highest BCUT2D eigenvalue weighted by Gasteiger charge is 2.21. The average molecular weight is 341 g/mol. The molecule has 23 heavy (non-hydrogen) atoms. The third-order valence-electron chi connectivity index (χ3n) is 3.09. The van der Waals surface area contributed by atoms with E-state index in [4.69, 9.17) is 0 Å². The standard InChI is InChI=1S/C15H13F2NO4S/c1-9-3-4-10(15(19)22-2)7-13(9)18-23(20,21)14-8-11(16)5-6-12(14)17/h3-8,18H,1-2H3. The first-order valence-corrected chi connectivity index (χ1v) is 7.90. The van der Waals surface area contributed by atoms with Crippen LogP contribution < -0.4 is 4.72 Å². The quantitative estimate of drug-likeness (QED) is 0.868. The molecule has 0 aliphatic heterocycles. The molecule has 0 saturated carbocycles. The van der Waals surface area contributed by atoms with E-state index in [2.05, 4.69) is 9.46 Å². The molecule has 0 aliphatic rings. The third kappa shape index (κ3) is 3.65. The molecule has 0 saturated heterocycles. The topological polar surface area (TPSA) is 72.5 Å². The Morgan fingerprint density at radius 3 is 2.48 bits per heavy atom. The molecule has 0 bridgehead atoms. The minimum atomic E-state index is -4.36. The summed E-state index contributed by atoms with van der Waals surface area (Å²) in [5.41, 5.74) is 0.685. The maximum atomic E-state index is 13.7. The van der Waals surface area contributed by atoms with E-state index in [9.17, 15) is 22.0 Å². The Morgan fingerprint density at radius 1 is 1.13 bits per heavy atom. The number of anilines is 1. The first-order valence-electron chi connectivity index (χ1n) is 6.41. The van der Waals surface area contributed by atoms with Crippen LogP contribution in [0, 0.1) is 18.6 Å². The van der Waals surface area contributed by atoms with Gasteiger partial charge in [0.25, 0.3) is 10.0 Å². The predicted octanol–water partition coefficient (Wildman–Crippen LogP) is 2.86. The van der Waals surface area contributed by atoms with E-state index in [1.165, 1.54) is 25.3 Å². The second-order valence-electron chi connectivity index (χ2n) is 4.70. The number of sulfonamides is 1. The Hall–Kier alpha value is -2.48. The molecule has 0 aliphatic carbocycles. The van der Waals surface area contributed by atoms with Crippen LogP contribution in [0.1, 0.15) is 15.9 Å². The summed E-state index contributed by atoms with van der Waals surface area (Å²) in [7, 11) is -3.17. The van der Waals surface area contributed by atoms with Crippen LogP contribution in [0.5, 0.6) is 0 Å². The Bertz CT molecular complexity index is 866. The van der Waals surface area contributed by atoms with E-state index < -0.39 is 32.5 Å². The molecule has 0 atom stereocenters. The number of nitrogens with one attached hydrogen (secondary N) is 1. The summed E-state index contributed by atoms with van der Waals surface area (Å²) in [6.45, 7) is 1.60. The van der Waals surface area contributed by atoms with Gasteiger partial charge in [0.2, 0.25) is 0 Å². The monoisotopic (exact) mass is 341 g/mol. The number of aryl methyl sites for hydroxylation is 1. The van der Waals surface area contributed by atoms with Crippen molar-refractivity contribution in [2.75, 3.05) is 11.8 Å². The van der Waals surface area contributed by atoms with Crippen molar-refractivity contribution in [1.82, 2.24) is 0 Å². The highest BCUT2D eigenvalue weighted by molar-refractivity contribution is 7.92. The summed E-state index contributed by atoms with van der Waals surface area (Å²) in [6.07, 6.45) is 0. The zero-order valence-corrected chi connectivity index (χ0v) is 13.1. The number of methoxy groups -OCH3 is 1. The van der Waals surface area contributed by atoms with Gasteiger partial charge in [0.05, 0.1) is 18.4 Å². The van der Waals surface area contributed by atoms with Crippen LogP contribution >= 0.6 is 0 Å². The van der Waals surface area contributed by atoms with E-state index in [-0.39, 0.29) is 11.3 Å². The molecule has 122 valence electrons. The lowest BCUT2D eigenvalue weighted by atomic mass is 10.1. The van der Waals surface area contributed by atoms with Gasteiger partial charge in [-0.25, -0.2) is 22.0 Å². The SMILES string of the molecule is COC(=O)c1ccc(C)c(NS(=O)(=O)c2cc(F)ccc2F)c1. The third-order valence-corrected chi connectivity index (χ3v) is 4.47. The molecule has 0 spiro atoms. The lowest BCUT2D eigenvalue weighted by molar-refractivity contribution is 0.0600. The van der Waals surface area contributed by atoms with Gasteiger partial charge >= 0.3 is 5.97 Å². The fraction of sp³-hybridized carbons (Fsp3) is 0.133. The average Bonchev–Trinajstić information content (AvgIpc) is 2.50. The Morgan fingerprint density at radius 2 is 1.83 bits per heavy atom. The molecular weight excluding hydrogens is 328 g/mol. The highest BCUT2D eigenvalue weighted by Crippen LogP contribution is 2.23.